The Morgan fingerprint density at radius 2 is 2.42 bits per heavy atom. The summed E-state index contributed by atoms with van der Waals surface area (Å²) in [6.45, 7) is 3.84. The van der Waals surface area contributed by atoms with Crippen molar-refractivity contribution in [3.63, 3.8) is 0 Å². The van der Waals surface area contributed by atoms with Crippen LogP contribution < -0.4 is 0 Å². The number of hydrogen-bond acceptors (Lipinski definition) is 4. The minimum atomic E-state index is -0.511. The summed E-state index contributed by atoms with van der Waals surface area (Å²) in [5.41, 5.74) is 0.707. The molecule has 0 saturated heterocycles. The predicted octanol–water partition coefficient (Wildman–Crippen LogP) is 1.76. The van der Waals surface area contributed by atoms with Crippen LogP contribution in [0.25, 0.3) is 0 Å². The van der Waals surface area contributed by atoms with Gasteiger partial charge in [0, 0.05) is 22.6 Å². The molecule has 1 aromatic heterocycles. The molecule has 0 aliphatic rings. The standard InChI is InChI=1S/C7H8INO3/c1-3-11-7(10)6-9-4(2)5(8)12-6/h3H2,1-2H3. The third-order valence-corrected chi connectivity index (χ3v) is 2.19. The first-order valence-corrected chi connectivity index (χ1v) is 4.53. The molecule has 0 aliphatic heterocycles. The molecule has 0 atom stereocenters. The predicted molar refractivity (Wildman–Crippen MR) is 49.9 cm³/mol. The molecule has 0 N–H and O–H groups in total. The molecule has 0 aliphatic carbocycles. The zero-order valence-corrected chi connectivity index (χ0v) is 8.91. The summed E-state index contributed by atoms with van der Waals surface area (Å²) in [7, 11) is 0. The van der Waals surface area contributed by atoms with Gasteiger partial charge in [0.1, 0.15) is 0 Å². The highest BCUT2D eigenvalue weighted by molar-refractivity contribution is 14.1. The molecule has 5 heteroatoms. The average Bonchev–Trinajstić information content (AvgIpc) is 2.33. The van der Waals surface area contributed by atoms with Crippen molar-refractivity contribution < 1.29 is 13.9 Å². The molecule has 0 amide bonds. The van der Waals surface area contributed by atoms with Crippen LogP contribution in [0.5, 0.6) is 0 Å². The van der Waals surface area contributed by atoms with Gasteiger partial charge in [0.15, 0.2) is 3.77 Å². The van der Waals surface area contributed by atoms with Crippen LogP contribution in [-0.4, -0.2) is 17.6 Å². The first-order chi connectivity index (χ1) is 5.65. The second kappa shape index (κ2) is 3.88. The van der Waals surface area contributed by atoms with Crippen LogP contribution in [0.4, 0.5) is 0 Å². The van der Waals surface area contributed by atoms with E-state index in [4.69, 9.17) is 9.15 Å². The van der Waals surface area contributed by atoms with Crippen LogP contribution in [0.2, 0.25) is 0 Å². The minimum Gasteiger partial charge on any atom is -0.459 e. The van der Waals surface area contributed by atoms with E-state index in [1.807, 2.05) is 22.6 Å². The Kier molecular flexibility index (Phi) is 3.07. The molecule has 1 heterocycles. The van der Waals surface area contributed by atoms with Crippen LogP contribution in [0.1, 0.15) is 23.3 Å². The van der Waals surface area contributed by atoms with E-state index in [0.717, 1.165) is 0 Å². The second-order valence-electron chi connectivity index (χ2n) is 2.10. The summed E-state index contributed by atoms with van der Waals surface area (Å²) in [4.78, 5) is 14.9. The second-order valence-corrected chi connectivity index (χ2v) is 3.08. The van der Waals surface area contributed by atoms with Gasteiger partial charge in [-0.15, -0.1) is 0 Å². The molecule has 0 fully saturated rings. The fourth-order valence-electron chi connectivity index (χ4n) is 0.658. The van der Waals surface area contributed by atoms with Crippen LogP contribution >= 0.6 is 22.6 Å². The van der Waals surface area contributed by atoms with Crippen molar-refractivity contribution >= 4 is 28.6 Å². The number of nitrogens with zero attached hydrogens (tertiary/aromatic N) is 1. The topological polar surface area (TPSA) is 52.3 Å². The molecule has 0 bridgehead atoms. The third kappa shape index (κ3) is 1.96. The van der Waals surface area contributed by atoms with E-state index in [9.17, 15) is 4.79 Å². The maximum Gasteiger partial charge on any atom is 0.394 e. The molecular formula is C7H8INO3. The number of rotatable bonds is 2. The smallest absolute Gasteiger partial charge is 0.394 e. The van der Waals surface area contributed by atoms with Crippen LogP contribution in [0.3, 0.4) is 0 Å². The highest BCUT2D eigenvalue weighted by Gasteiger charge is 2.15. The highest BCUT2D eigenvalue weighted by Crippen LogP contribution is 2.12. The van der Waals surface area contributed by atoms with Crippen molar-refractivity contribution in [2.75, 3.05) is 6.61 Å². The van der Waals surface area contributed by atoms with Crippen LogP contribution in [-0.2, 0) is 4.74 Å². The first-order valence-electron chi connectivity index (χ1n) is 3.45. The van der Waals surface area contributed by atoms with E-state index in [-0.39, 0.29) is 5.89 Å². The fraction of sp³-hybridized carbons (Fsp3) is 0.429. The molecule has 0 aromatic carbocycles. The Morgan fingerprint density at radius 3 is 2.83 bits per heavy atom. The van der Waals surface area contributed by atoms with Gasteiger partial charge >= 0.3 is 11.9 Å². The van der Waals surface area contributed by atoms with Gasteiger partial charge in [-0.25, -0.2) is 9.78 Å². The number of hydrogen-bond donors (Lipinski definition) is 0. The summed E-state index contributed by atoms with van der Waals surface area (Å²) in [6.07, 6.45) is 0. The number of oxazole rings is 1. The van der Waals surface area contributed by atoms with Gasteiger partial charge in [0.2, 0.25) is 0 Å². The normalized spacial score (nSPS) is 9.92. The molecule has 1 rings (SSSR count). The quantitative estimate of drug-likeness (QED) is 0.612. The summed E-state index contributed by atoms with van der Waals surface area (Å²) >= 11 is 1.97. The molecule has 66 valence electrons. The lowest BCUT2D eigenvalue weighted by Gasteiger charge is -1.94. The molecule has 12 heavy (non-hydrogen) atoms. The van der Waals surface area contributed by atoms with E-state index in [2.05, 4.69) is 4.98 Å². The Balaban J connectivity index is 2.82. The summed E-state index contributed by atoms with van der Waals surface area (Å²) in [5, 5.41) is 0. The summed E-state index contributed by atoms with van der Waals surface area (Å²) < 4.78 is 10.3. The average molecular weight is 281 g/mol. The number of ether oxygens (including phenoxy) is 1. The summed E-state index contributed by atoms with van der Waals surface area (Å²) in [5.74, 6) is -0.484. The zero-order chi connectivity index (χ0) is 9.14. The molecule has 0 radical (unpaired) electrons. The van der Waals surface area contributed by atoms with Crippen molar-refractivity contribution in [2.24, 2.45) is 0 Å². The van der Waals surface area contributed by atoms with Crippen molar-refractivity contribution in [1.29, 1.82) is 0 Å². The zero-order valence-electron chi connectivity index (χ0n) is 6.76. The lowest BCUT2D eigenvalue weighted by Crippen LogP contribution is -2.04. The summed E-state index contributed by atoms with van der Waals surface area (Å²) in [6, 6.07) is 0. The Hall–Kier alpha value is -0.590. The number of carbonyl (C=O) groups excluding carboxylic acids is 1. The van der Waals surface area contributed by atoms with Crippen molar-refractivity contribution in [3.05, 3.63) is 15.4 Å². The minimum absolute atomic E-state index is 0.0266. The number of esters is 1. The Labute approximate surface area is 83.4 Å². The lowest BCUT2D eigenvalue weighted by atomic mass is 10.6. The van der Waals surface area contributed by atoms with Crippen molar-refractivity contribution in [1.82, 2.24) is 4.98 Å². The molecule has 4 nitrogen and oxygen atoms in total. The van der Waals surface area contributed by atoms with E-state index >= 15 is 0 Å². The molecule has 0 saturated carbocycles. The lowest BCUT2D eigenvalue weighted by molar-refractivity contribution is 0.0479. The first kappa shape index (κ1) is 9.50. The van der Waals surface area contributed by atoms with Gasteiger partial charge in [-0.3, -0.25) is 0 Å². The molecule has 1 aromatic rings. The Bertz CT molecular complexity index is 275. The van der Waals surface area contributed by atoms with Gasteiger partial charge < -0.3 is 9.15 Å². The maximum atomic E-state index is 11.0. The number of halogens is 1. The van der Waals surface area contributed by atoms with E-state index in [0.29, 0.717) is 16.1 Å². The molecule has 0 spiro atoms. The Morgan fingerprint density at radius 1 is 1.75 bits per heavy atom. The number of carbonyl (C=O) groups is 1. The SMILES string of the molecule is CCOC(=O)c1nc(C)c(I)o1. The van der Waals surface area contributed by atoms with Gasteiger partial charge in [0.05, 0.1) is 12.3 Å². The highest BCUT2D eigenvalue weighted by atomic mass is 127. The van der Waals surface area contributed by atoms with Crippen LogP contribution in [0, 0.1) is 10.7 Å². The number of aromatic nitrogens is 1. The van der Waals surface area contributed by atoms with Gasteiger partial charge in [-0.1, -0.05) is 0 Å². The van der Waals surface area contributed by atoms with Crippen LogP contribution in [0.15, 0.2) is 4.42 Å². The van der Waals surface area contributed by atoms with Gasteiger partial charge in [-0.05, 0) is 13.8 Å². The van der Waals surface area contributed by atoms with E-state index < -0.39 is 5.97 Å². The monoisotopic (exact) mass is 281 g/mol. The molecular weight excluding hydrogens is 273 g/mol. The van der Waals surface area contributed by atoms with E-state index in [1.54, 1.807) is 13.8 Å². The van der Waals surface area contributed by atoms with E-state index in [1.165, 1.54) is 0 Å². The largest absolute Gasteiger partial charge is 0.459 e. The third-order valence-electron chi connectivity index (χ3n) is 1.19. The van der Waals surface area contributed by atoms with Crippen molar-refractivity contribution in [3.8, 4) is 0 Å². The van der Waals surface area contributed by atoms with Crippen molar-refractivity contribution in [2.45, 2.75) is 13.8 Å². The number of aryl methyl sites for hydroxylation is 1. The van der Waals surface area contributed by atoms with Gasteiger partial charge in [0.25, 0.3) is 0 Å². The molecule has 0 unspecified atom stereocenters. The fourth-order valence-corrected chi connectivity index (χ4v) is 0.987. The van der Waals surface area contributed by atoms with Gasteiger partial charge in [-0.2, -0.15) is 0 Å². The maximum absolute atomic E-state index is 11.0.